The lowest BCUT2D eigenvalue weighted by Crippen LogP contribution is -2.37. The van der Waals surface area contributed by atoms with Gasteiger partial charge in [0.25, 0.3) is 0 Å². The Bertz CT molecular complexity index is 400. The molecule has 2 fully saturated rings. The van der Waals surface area contributed by atoms with E-state index < -0.39 is 0 Å². The molecule has 0 atom stereocenters. The predicted octanol–water partition coefficient (Wildman–Crippen LogP) is 3.06. The molecule has 2 aliphatic rings. The highest BCUT2D eigenvalue weighted by Gasteiger charge is 2.33. The largest absolute Gasteiger partial charge is 0.313 e. The van der Waals surface area contributed by atoms with Crippen LogP contribution in [-0.4, -0.2) is 22.4 Å². The van der Waals surface area contributed by atoms with Crippen LogP contribution in [0.1, 0.15) is 56.9 Å². The standard InChI is InChI=1S/C16H27N3/c1-19-12-14(11-18-19)7-10-16(8-3-2-4-9-16)13-17-15-5-6-15/h11-12,15,17H,2-10,13H2,1H3. The lowest BCUT2D eigenvalue weighted by Gasteiger charge is -2.38. The zero-order valence-corrected chi connectivity index (χ0v) is 12.2. The van der Waals surface area contributed by atoms with Crippen molar-refractivity contribution in [2.45, 2.75) is 63.8 Å². The summed E-state index contributed by atoms with van der Waals surface area (Å²) in [7, 11) is 2.01. The second kappa shape index (κ2) is 5.66. The van der Waals surface area contributed by atoms with Crippen molar-refractivity contribution >= 4 is 0 Å². The smallest absolute Gasteiger partial charge is 0.0521 e. The molecule has 1 heterocycles. The third-order valence-corrected chi connectivity index (χ3v) is 4.96. The third-order valence-electron chi connectivity index (χ3n) is 4.96. The van der Waals surface area contributed by atoms with E-state index in [-0.39, 0.29) is 0 Å². The number of nitrogens with zero attached hydrogens (tertiary/aromatic N) is 2. The molecule has 1 N–H and O–H groups in total. The Morgan fingerprint density at radius 1 is 1.32 bits per heavy atom. The number of nitrogens with one attached hydrogen (secondary N) is 1. The van der Waals surface area contributed by atoms with Crippen LogP contribution in [0.5, 0.6) is 0 Å². The fourth-order valence-electron chi connectivity index (χ4n) is 3.48. The molecule has 2 saturated carbocycles. The fourth-order valence-corrected chi connectivity index (χ4v) is 3.48. The van der Waals surface area contributed by atoms with E-state index in [1.807, 2.05) is 17.9 Å². The molecule has 0 amide bonds. The molecular formula is C16H27N3. The first-order valence-corrected chi connectivity index (χ1v) is 7.97. The highest BCUT2D eigenvalue weighted by Crippen LogP contribution is 2.40. The Morgan fingerprint density at radius 2 is 2.11 bits per heavy atom. The van der Waals surface area contributed by atoms with Gasteiger partial charge in [0.05, 0.1) is 6.20 Å². The van der Waals surface area contributed by atoms with Gasteiger partial charge in [-0.05, 0) is 49.5 Å². The minimum Gasteiger partial charge on any atom is -0.313 e. The van der Waals surface area contributed by atoms with Gasteiger partial charge in [-0.15, -0.1) is 0 Å². The molecule has 3 nitrogen and oxygen atoms in total. The van der Waals surface area contributed by atoms with Gasteiger partial charge in [0.2, 0.25) is 0 Å². The number of aromatic nitrogens is 2. The van der Waals surface area contributed by atoms with Gasteiger partial charge in [0.15, 0.2) is 0 Å². The van der Waals surface area contributed by atoms with Crippen LogP contribution in [0.15, 0.2) is 12.4 Å². The average Bonchev–Trinajstić information content (AvgIpc) is 3.17. The summed E-state index contributed by atoms with van der Waals surface area (Å²) in [6, 6.07) is 0.845. The van der Waals surface area contributed by atoms with Gasteiger partial charge >= 0.3 is 0 Å². The van der Waals surface area contributed by atoms with Gasteiger partial charge in [0.1, 0.15) is 0 Å². The van der Waals surface area contributed by atoms with E-state index in [2.05, 4.69) is 16.6 Å². The van der Waals surface area contributed by atoms with E-state index in [4.69, 9.17) is 0 Å². The van der Waals surface area contributed by atoms with Crippen LogP contribution in [0.25, 0.3) is 0 Å². The molecule has 0 aliphatic heterocycles. The molecule has 0 unspecified atom stereocenters. The van der Waals surface area contributed by atoms with E-state index in [0.717, 1.165) is 6.04 Å². The summed E-state index contributed by atoms with van der Waals surface area (Å²) in [5.41, 5.74) is 1.97. The maximum Gasteiger partial charge on any atom is 0.0521 e. The lowest BCUT2D eigenvalue weighted by molar-refractivity contribution is 0.166. The maximum atomic E-state index is 4.29. The van der Waals surface area contributed by atoms with Gasteiger partial charge in [-0.3, -0.25) is 4.68 Å². The third kappa shape index (κ3) is 3.59. The molecular weight excluding hydrogens is 234 g/mol. The fraction of sp³-hybridized carbons (Fsp3) is 0.812. The Labute approximate surface area is 116 Å². The molecule has 0 radical (unpaired) electrons. The van der Waals surface area contributed by atoms with Gasteiger partial charge in [-0.25, -0.2) is 0 Å². The van der Waals surface area contributed by atoms with Crippen molar-refractivity contribution in [1.29, 1.82) is 0 Å². The van der Waals surface area contributed by atoms with Gasteiger partial charge < -0.3 is 5.32 Å². The first kappa shape index (κ1) is 13.2. The summed E-state index contributed by atoms with van der Waals surface area (Å²) >= 11 is 0. The molecule has 3 rings (SSSR count). The maximum absolute atomic E-state index is 4.29. The zero-order valence-electron chi connectivity index (χ0n) is 12.2. The quantitative estimate of drug-likeness (QED) is 0.853. The Balaban J connectivity index is 1.57. The average molecular weight is 261 g/mol. The van der Waals surface area contributed by atoms with Crippen molar-refractivity contribution < 1.29 is 0 Å². The van der Waals surface area contributed by atoms with Crippen LogP contribution in [0, 0.1) is 5.41 Å². The molecule has 2 aliphatic carbocycles. The molecule has 0 spiro atoms. The van der Waals surface area contributed by atoms with Crippen molar-refractivity contribution in [2.75, 3.05) is 6.54 Å². The second-order valence-corrected chi connectivity index (χ2v) is 6.74. The zero-order chi connectivity index (χ0) is 13.1. The molecule has 0 bridgehead atoms. The van der Waals surface area contributed by atoms with Crippen molar-refractivity contribution in [2.24, 2.45) is 12.5 Å². The highest BCUT2D eigenvalue weighted by molar-refractivity contribution is 5.05. The van der Waals surface area contributed by atoms with Crippen LogP contribution < -0.4 is 5.32 Å². The van der Waals surface area contributed by atoms with E-state index in [0.29, 0.717) is 5.41 Å². The van der Waals surface area contributed by atoms with E-state index >= 15 is 0 Å². The van der Waals surface area contributed by atoms with Gasteiger partial charge in [-0.2, -0.15) is 5.10 Å². The number of rotatable bonds is 6. The molecule has 106 valence electrons. The summed E-state index contributed by atoms with van der Waals surface area (Å²) < 4.78 is 1.92. The number of aryl methyl sites for hydroxylation is 2. The van der Waals surface area contributed by atoms with Gasteiger partial charge in [-0.1, -0.05) is 19.3 Å². The minimum absolute atomic E-state index is 0.566. The topological polar surface area (TPSA) is 29.9 Å². The minimum atomic E-state index is 0.566. The molecule has 19 heavy (non-hydrogen) atoms. The normalized spacial score (nSPS) is 22.6. The molecule has 0 aromatic carbocycles. The van der Waals surface area contributed by atoms with Crippen LogP contribution in [-0.2, 0) is 13.5 Å². The van der Waals surface area contributed by atoms with Crippen molar-refractivity contribution in [3.05, 3.63) is 18.0 Å². The van der Waals surface area contributed by atoms with Crippen LogP contribution >= 0.6 is 0 Å². The molecule has 1 aromatic heterocycles. The lowest BCUT2D eigenvalue weighted by atomic mass is 9.70. The van der Waals surface area contributed by atoms with E-state index in [9.17, 15) is 0 Å². The second-order valence-electron chi connectivity index (χ2n) is 6.74. The Kier molecular flexibility index (Phi) is 3.92. The SMILES string of the molecule is Cn1cc(CCC2(CNC3CC3)CCCCC2)cn1. The molecule has 0 saturated heterocycles. The summed E-state index contributed by atoms with van der Waals surface area (Å²) in [6.45, 7) is 1.25. The summed E-state index contributed by atoms with van der Waals surface area (Å²) in [6.07, 6.45) is 16.7. The van der Waals surface area contributed by atoms with Gasteiger partial charge in [0, 0.05) is 25.8 Å². The summed E-state index contributed by atoms with van der Waals surface area (Å²) in [4.78, 5) is 0. The number of hydrogen-bond acceptors (Lipinski definition) is 2. The number of hydrogen-bond donors (Lipinski definition) is 1. The van der Waals surface area contributed by atoms with Crippen molar-refractivity contribution in [3.8, 4) is 0 Å². The van der Waals surface area contributed by atoms with Crippen molar-refractivity contribution in [1.82, 2.24) is 15.1 Å². The Morgan fingerprint density at radius 3 is 2.74 bits per heavy atom. The van der Waals surface area contributed by atoms with Crippen LogP contribution in [0.3, 0.4) is 0 Å². The van der Waals surface area contributed by atoms with Crippen LogP contribution in [0.4, 0.5) is 0 Å². The van der Waals surface area contributed by atoms with Crippen molar-refractivity contribution in [3.63, 3.8) is 0 Å². The van der Waals surface area contributed by atoms with Crippen LogP contribution in [0.2, 0.25) is 0 Å². The highest BCUT2D eigenvalue weighted by atomic mass is 15.2. The predicted molar refractivity (Wildman–Crippen MR) is 78.1 cm³/mol. The summed E-state index contributed by atoms with van der Waals surface area (Å²) in [5, 5.41) is 8.08. The Hall–Kier alpha value is -0.830. The van der Waals surface area contributed by atoms with E-state index in [1.165, 1.54) is 69.9 Å². The first-order valence-electron chi connectivity index (χ1n) is 7.97. The molecule has 3 heteroatoms. The van der Waals surface area contributed by atoms with E-state index in [1.54, 1.807) is 0 Å². The molecule has 1 aromatic rings. The first-order chi connectivity index (χ1) is 9.26. The monoisotopic (exact) mass is 261 g/mol. The summed E-state index contributed by atoms with van der Waals surface area (Å²) in [5.74, 6) is 0.